The number of anilines is 1. The summed E-state index contributed by atoms with van der Waals surface area (Å²) in [5.74, 6) is 0. The highest BCUT2D eigenvalue weighted by molar-refractivity contribution is 5.93. The summed E-state index contributed by atoms with van der Waals surface area (Å²) in [5.41, 5.74) is 1.38. The first-order valence-corrected chi connectivity index (χ1v) is 5.59. The smallest absolute Gasteiger partial charge is 0.0446 e. The van der Waals surface area contributed by atoms with Crippen LogP contribution in [0, 0.1) is 6.07 Å². The molecule has 0 unspecified atom stereocenters. The average Bonchev–Trinajstić information content (AvgIpc) is 2.82. The van der Waals surface area contributed by atoms with Crippen LogP contribution < -0.4 is 4.90 Å². The summed E-state index contributed by atoms with van der Waals surface area (Å²) in [6.45, 7) is 2.40. The van der Waals surface area contributed by atoms with Crippen LogP contribution in [-0.2, 0) is 0 Å². The van der Waals surface area contributed by atoms with E-state index in [1.807, 2.05) is 6.07 Å². The lowest BCUT2D eigenvalue weighted by Gasteiger charge is -2.19. The van der Waals surface area contributed by atoms with E-state index in [-0.39, 0.29) is 0 Å². The lowest BCUT2D eigenvalue weighted by atomic mass is 10.1. The SMILES string of the molecule is [c]1cccc2c(N3CCCC3)cccc12. The average molecular weight is 196 g/mol. The van der Waals surface area contributed by atoms with Gasteiger partial charge in [-0.05, 0) is 30.4 Å². The molecule has 1 saturated heterocycles. The molecule has 1 aliphatic heterocycles. The van der Waals surface area contributed by atoms with Gasteiger partial charge in [0.05, 0.1) is 0 Å². The molecule has 0 atom stereocenters. The van der Waals surface area contributed by atoms with Crippen molar-refractivity contribution in [1.82, 2.24) is 0 Å². The molecule has 0 N–H and O–H groups in total. The molecular formula is C14H14N. The highest BCUT2D eigenvalue weighted by atomic mass is 15.1. The summed E-state index contributed by atoms with van der Waals surface area (Å²) in [7, 11) is 0. The van der Waals surface area contributed by atoms with Gasteiger partial charge in [0.25, 0.3) is 0 Å². The summed E-state index contributed by atoms with van der Waals surface area (Å²) in [5, 5.41) is 2.56. The molecule has 2 aromatic rings. The molecule has 1 heteroatoms. The van der Waals surface area contributed by atoms with E-state index in [1.165, 1.54) is 42.4 Å². The van der Waals surface area contributed by atoms with Crippen molar-refractivity contribution in [2.24, 2.45) is 0 Å². The van der Waals surface area contributed by atoms with Gasteiger partial charge in [0, 0.05) is 24.2 Å². The Morgan fingerprint density at radius 3 is 2.73 bits per heavy atom. The van der Waals surface area contributed by atoms with E-state index >= 15 is 0 Å². The molecule has 0 spiro atoms. The lowest BCUT2D eigenvalue weighted by molar-refractivity contribution is 0.949. The van der Waals surface area contributed by atoms with E-state index in [9.17, 15) is 0 Å². The third-order valence-corrected chi connectivity index (χ3v) is 3.13. The molecule has 3 rings (SSSR count). The van der Waals surface area contributed by atoms with Crippen LogP contribution in [0.15, 0.2) is 36.4 Å². The molecule has 75 valence electrons. The highest BCUT2D eigenvalue weighted by Gasteiger charge is 2.13. The molecule has 1 aliphatic rings. The fourth-order valence-electron chi connectivity index (χ4n) is 2.37. The standard InChI is InChI=1S/C14H14N/c1-2-8-13-12(6-1)7-5-9-14(13)15-10-3-4-11-15/h1-2,5,7-9H,3-4,10-11H2. The monoisotopic (exact) mass is 196 g/mol. The van der Waals surface area contributed by atoms with Crippen molar-refractivity contribution in [3.8, 4) is 0 Å². The first kappa shape index (κ1) is 8.78. The van der Waals surface area contributed by atoms with Gasteiger partial charge in [-0.2, -0.15) is 0 Å². The third-order valence-electron chi connectivity index (χ3n) is 3.13. The molecule has 0 saturated carbocycles. The van der Waals surface area contributed by atoms with Crippen LogP contribution in [0.4, 0.5) is 5.69 Å². The molecule has 1 nitrogen and oxygen atoms in total. The Morgan fingerprint density at radius 1 is 1.00 bits per heavy atom. The molecule has 0 bridgehead atoms. The summed E-state index contributed by atoms with van der Waals surface area (Å²) in [6.07, 6.45) is 2.65. The molecule has 1 radical (unpaired) electrons. The first-order valence-electron chi connectivity index (χ1n) is 5.59. The van der Waals surface area contributed by atoms with Gasteiger partial charge in [0.1, 0.15) is 0 Å². The van der Waals surface area contributed by atoms with E-state index in [2.05, 4.69) is 41.3 Å². The van der Waals surface area contributed by atoms with E-state index in [4.69, 9.17) is 0 Å². The normalized spacial score (nSPS) is 16.1. The second kappa shape index (κ2) is 3.58. The van der Waals surface area contributed by atoms with Crippen LogP contribution in [-0.4, -0.2) is 13.1 Å². The molecule has 1 fully saturated rings. The number of rotatable bonds is 1. The van der Waals surface area contributed by atoms with Crippen molar-refractivity contribution in [1.29, 1.82) is 0 Å². The van der Waals surface area contributed by atoms with Crippen molar-refractivity contribution < 1.29 is 0 Å². The molecule has 1 heterocycles. The van der Waals surface area contributed by atoms with Gasteiger partial charge >= 0.3 is 0 Å². The predicted octanol–water partition coefficient (Wildman–Crippen LogP) is 3.24. The topological polar surface area (TPSA) is 3.24 Å². The van der Waals surface area contributed by atoms with Gasteiger partial charge in [0.15, 0.2) is 0 Å². The van der Waals surface area contributed by atoms with Crippen LogP contribution >= 0.6 is 0 Å². The maximum atomic E-state index is 3.29. The zero-order valence-electron chi connectivity index (χ0n) is 8.74. The number of nitrogens with zero attached hydrogens (tertiary/aromatic N) is 1. The Hall–Kier alpha value is -1.50. The van der Waals surface area contributed by atoms with Crippen molar-refractivity contribution in [3.05, 3.63) is 42.5 Å². The van der Waals surface area contributed by atoms with Crippen molar-refractivity contribution in [2.45, 2.75) is 12.8 Å². The van der Waals surface area contributed by atoms with E-state index in [0.717, 1.165) is 0 Å². The Balaban J connectivity index is 2.16. The van der Waals surface area contributed by atoms with Crippen LogP contribution in [0.25, 0.3) is 10.8 Å². The van der Waals surface area contributed by atoms with Crippen molar-refractivity contribution >= 4 is 16.5 Å². The maximum absolute atomic E-state index is 3.29. The van der Waals surface area contributed by atoms with Crippen LogP contribution in [0.1, 0.15) is 12.8 Å². The summed E-state index contributed by atoms with van der Waals surface area (Å²) < 4.78 is 0. The molecule has 0 amide bonds. The molecule has 2 aromatic carbocycles. The molecular weight excluding hydrogens is 182 g/mol. The second-order valence-corrected chi connectivity index (χ2v) is 4.10. The zero-order chi connectivity index (χ0) is 10.1. The quantitative estimate of drug-likeness (QED) is 0.676. The Bertz CT molecular complexity index is 464. The fraction of sp³-hybridized carbons (Fsp3) is 0.286. The van der Waals surface area contributed by atoms with Gasteiger partial charge < -0.3 is 4.90 Å². The first-order chi connectivity index (χ1) is 7.45. The van der Waals surface area contributed by atoms with Gasteiger partial charge in [-0.25, -0.2) is 0 Å². The summed E-state index contributed by atoms with van der Waals surface area (Å²) in [4.78, 5) is 2.48. The van der Waals surface area contributed by atoms with Crippen LogP contribution in [0.5, 0.6) is 0 Å². The Labute approximate surface area is 90.3 Å². The van der Waals surface area contributed by atoms with Gasteiger partial charge in [-0.3, -0.25) is 0 Å². The number of hydrogen-bond donors (Lipinski definition) is 0. The van der Waals surface area contributed by atoms with Gasteiger partial charge in [-0.15, -0.1) is 0 Å². The number of benzene rings is 2. The predicted molar refractivity (Wildman–Crippen MR) is 64.2 cm³/mol. The Kier molecular flexibility index (Phi) is 2.09. The fourth-order valence-corrected chi connectivity index (χ4v) is 2.37. The molecule has 0 aliphatic carbocycles. The molecule has 15 heavy (non-hydrogen) atoms. The van der Waals surface area contributed by atoms with E-state index in [1.54, 1.807) is 0 Å². The van der Waals surface area contributed by atoms with E-state index < -0.39 is 0 Å². The zero-order valence-corrected chi connectivity index (χ0v) is 8.74. The summed E-state index contributed by atoms with van der Waals surface area (Å²) in [6, 6.07) is 16.0. The highest BCUT2D eigenvalue weighted by Crippen LogP contribution is 2.28. The second-order valence-electron chi connectivity index (χ2n) is 4.10. The Morgan fingerprint density at radius 2 is 1.87 bits per heavy atom. The number of fused-ring (bicyclic) bond motifs is 1. The lowest BCUT2D eigenvalue weighted by Crippen LogP contribution is -2.17. The number of hydrogen-bond acceptors (Lipinski definition) is 1. The van der Waals surface area contributed by atoms with E-state index in [0.29, 0.717) is 0 Å². The minimum absolute atomic E-state index is 1.20. The largest absolute Gasteiger partial charge is 0.371 e. The van der Waals surface area contributed by atoms with Crippen molar-refractivity contribution in [3.63, 3.8) is 0 Å². The van der Waals surface area contributed by atoms with Crippen molar-refractivity contribution in [2.75, 3.05) is 18.0 Å². The maximum Gasteiger partial charge on any atom is 0.0446 e. The third kappa shape index (κ3) is 1.48. The minimum atomic E-state index is 1.20. The van der Waals surface area contributed by atoms with Gasteiger partial charge in [0.2, 0.25) is 0 Å². The van der Waals surface area contributed by atoms with Gasteiger partial charge in [-0.1, -0.05) is 30.3 Å². The summed E-state index contributed by atoms with van der Waals surface area (Å²) >= 11 is 0. The van der Waals surface area contributed by atoms with Crippen LogP contribution in [0.2, 0.25) is 0 Å². The molecule has 0 aromatic heterocycles. The minimum Gasteiger partial charge on any atom is -0.371 e. The van der Waals surface area contributed by atoms with Crippen LogP contribution in [0.3, 0.4) is 0 Å².